The van der Waals surface area contributed by atoms with E-state index >= 15 is 0 Å². The largest absolute Gasteiger partial charge is 0.379 e. The molecule has 1 saturated heterocycles. The van der Waals surface area contributed by atoms with Gasteiger partial charge in [-0.1, -0.05) is 30.3 Å². The summed E-state index contributed by atoms with van der Waals surface area (Å²) in [5, 5.41) is 2.97. The van der Waals surface area contributed by atoms with Gasteiger partial charge in [-0.15, -0.1) is 11.3 Å². The molecule has 1 aliphatic rings. The van der Waals surface area contributed by atoms with Crippen molar-refractivity contribution in [1.29, 1.82) is 0 Å². The number of benzene rings is 2. The average molecular weight is 436 g/mol. The van der Waals surface area contributed by atoms with E-state index in [2.05, 4.69) is 29.2 Å². The van der Waals surface area contributed by atoms with Gasteiger partial charge in [-0.05, 0) is 43.2 Å². The minimum Gasteiger partial charge on any atom is -0.379 e. The highest BCUT2D eigenvalue weighted by Crippen LogP contribution is 2.26. The highest BCUT2D eigenvalue weighted by Gasteiger charge is 2.17. The van der Waals surface area contributed by atoms with Gasteiger partial charge in [-0.3, -0.25) is 9.69 Å². The van der Waals surface area contributed by atoms with Crippen LogP contribution in [0.5, 0.6) is 0 Å². The first kappa shape index (κ1) is 21.7. The maximum atomic E-state index is 13.0. The first-order valence-corrected chi connectivity index (χ1v) is 11.7. The van der Waals surface area contributed by atoms with Crippen molar-refractivity contribution in [2.45, 2.75) is 26.8 Å². The predicted molar refractivity (Wildman–Crippen MR) is 127 cm³/mol. The predicted octanol–water partition coefficient (Wildman–Crippen LogP) is 4.55. The topological polar surface area (TPSA) is 45.7 Å². The molecule has 0 spiro atoms. The summed E-state index contributed by atoms with van der Waals surface area (Å²) in [6, 6.07) is 16.6. The lowest BCUT2D eigenvalue weighted by molar-refractivity contribution is -0.118. The van der Waals surface area contributed by atoms with E-state index in [-0.39, 0.29) is 5.91 Å². The molecule has 0 saturated carbocycles. The highest BCUT2D eigenvalue weighted by molar-refractivity contribution is 7.13. The summed E-state index contributed by atoms with van der Waals surface area (Å²) in [4.78, 5) is 22.0. The Morgan fingerprint density at radius 3 is 2.74 bits per heavy atom. The summed E-state index contributed by atoms with van der Waals surface area (Å²) in [5.41, 5.74) is 5.31. The van der Waals surface area contributed by atoms with E-state index in [0.717, 1.165) is 60.4 Å². The van der Waals surface area contributed by atoms with Crippen LogP contribution in [-0.4, -0.2) is 48.6 Å². The van der Waals surface area contributed by atoms with Gasteiger partial charge in [0.15, 0.2) is 0 Å². The lowest BCUT2D eigenvalue weighted by Gasteiger charge is -2.26. The van der Waals surface area contributed by atoms with Crippen molar-refractivity contribution in [3.8, 4) is 10.6 Å². The number of nitrogens with zero attached hydrogens (tertiary/aromatic N) is 3. The summed E-state index contributed by atoms with van der Waals surface area (Å²) in [6.45, 7) is 9.18. The van der Waals surface area contributed by atoms with Gasteiger partial charge in [0, 0.05) is 42.8 Å². The number of carbonyl (C=O) groups is 1. The standard InChI is InChI=1S/C25H29N3O2S/c1-3-28(23-9-4-6-19(2)14-23)24(29)16-22-18-31-25(26-22)21-8-5-7-20(15-21)17-27-10-12-30-13-11-27/h4-9,14-15,18H,3,10-13,16-17H2,1-2H3. The molecule has 0 N–H and O–H groups in total. The van der Waals surface area contributed by atoms with E-state index in [1.165, 1.54) is 5.56 Å². The fourth-order valence-electron chi connectivity index (χ4n) is 3.89. The molecule has 1 aromatic heterocycles. The van der Waals surface area contributed by atoms with Crippen molar-refractivity contribution in [3.63, 3.8) is 0 Å². The van der Waals surface area contributed by atoms with E-state index in [1.54, 1.807) is 11.3 Å². The highest BCUT2D eigenvalue weighted by atomic mass is 32.1. The zero-order chi connectivity index (χ0) is 21.6. The number of hydrogen-bond acceptors (Lipinski definition) is 5. The summed E-state index contributed by atoms with van der Waals surface area (Å²) < 4.78 is 5.44. The first-order valence-electron chi connectivity index (χ1n) is 10.8. The van der Waals surface area contributed by atoms with Gasteiger partial charge >= 0.3 is 0 Å². The summed E-state index contributed by atoms with van der Waals surface area (Å²) in [6.07, 6.45) is 0.311. The van der Waals surface area contributed by atoms with E-state index < -0.39 is 0 Å². The molecule has 162 valence electrons. The Morgan fingerprint density at radius 1 is 1.16 bits per heavy atom. The quantitative estimate of drug-likeness (QED) is 0.546. The number of thiazole rings is 1. The molecule has 0 bridgehead atoms. The van der Waals surface area contributed by atoms with Crippen molar-refractivity contribution in [2.24, 2.45) is 0 Å². The van der Waals surface area contributed by atoms with Gasteiger partial charge in [0.2, 0.25) is 5.91 Å². The number of aryl methyl sites for hydroxylation is 1. The Labute approximate surface area is 188 Å². The molecule has 4 rings (SSSR count). The Kier molecular flexibility index (Phi) is 7.12. The number of amides is 1. The summed E-state index contributed by atoms with van der Waals surface area (Å²) in [5.74, 6) is 0.0750. The molecule has 2 heterocycles. The maximum absolute atomic E-state index is 13.0. The summed E-state index contributed by atoms with van der Waals surface area (Å²) >= 11 is 1.60. The minimum absolute atomic E-state index is 0.0750. The van der Waals surface area contributed by atoms with Gasteiger partial charge in [0.1, 0.15) is 5.01 Å². The molecule has 6 heteroatoms. The van der Waals surface area contributed by atoms with Crippen LogP contribution in [0, 0.1) is 6.92 Å². The molecule has 1 amide bonds. The molecular formula is C25H29N3O2S. The number of carbonyl (C=O) groups excluding carboxylic acids is 1. The molecule has 5 nitrogen and oxygen atoms in total. The number of ether oxygens (including phenoxy) is 1. The van der Waals surface area contributed by atoms with E-state index in [1.807, 2.05) is 48.4 Å². The molecule has 0 unspecified atom stereocenters. The van der Waals surface area contributed by atoms with Crippen molar-refractivity contribution >= 4 is 22.9 Å². The average Bonchev–Trinajstić information content (AvgIpc) is 3.24. The molecule has 0 radical (unpaired) electrons. The Balaban J connectivity index is 1.44. The van der Waals surface area contributed by atoms with Crippen molar-refractivity contribution in [1.82, 2.24) is 9.88 Å². The Bertz CT molecular complexity index is 1030. The normalized spacial score (nSPS) is 14.5. The third-order valence-corrected chi connectivity index (χ3v) is 6.44. The monoisotopic (exact) mass is 435 g/mol. The van der Waals surface area contributed by atoms with Crippen molar-refractivity contribution in [3.05, 3.63) is 70.7 Å². The maximum Gasteiger partial charge on any atom is 0.233 e. The number of anilines is 1. The van der Waals surface area contributed by atoms with Crippen molar-refractivity contribution < 1.29 is 9.53 Å². The number of rotatable bonds is 7. The van der Waals surface area contributed by atoms with Crippen LogP contribution in [0.4, 0.5) is 5.69 Å². The van der Waals surface area contributed by atoms with Crippen LogP contribution in [0.15, 0.2) is 53.9 Å². The van der Waals surface area contributed by atoms with Gasteiger partial charge in [0.05, 0.1) is 25.3 Å². The second-order valence-electron chi connectivity index (χ2n) is 7.89. The molecule has 1 fully saturated rings. The lowest BCUT2D eigenvalue weighted by Crippen LogP contribution is -2.35. The molecule has 1 aliphatic heterocycles. The smallest absolute Gasteiger partial charge is 0.233 e. The second kappa shape index (κ2) is 10.2. The second-order valence-corrected chi connectivity index (χ2v) is 8.74. The molecule has 31 heavy (non-hydrogen) atoms. The lowest BCUT2D eigenvalue weighted by atomic mass is 10.1. The van der Waals surface area contributed by atoms with Crippen LogP contribution in [0.3, 0.4) is 0 Å². The van der Waals surface area contributed by atoms with Crippen LogP contribution in [0.1, 0.15) is 23.7 Å². The first-order chi connectivity index (χ1) is 15.1. The Morgan fingerprint density at radius 2 is 1.97 bits per heavy atom. The van der Waals surface area contributed by atoms with Crippen molar-refractivity contribution in [2.75, 3.05) is 37.7 Å². The van der Waals surface area contributed by atoms with E-state index in [4.69, 9.17) is 9.72 Å². The van der Waals surface area contributed by atoms with Crippen LogP contribution in [-0.2, 0) is 22.5 Å². The number of hydrogen-bond donors (Lipinski definition) is 0. The van der Waals surface area contributed by atoms with Gasteiger partial charge in [-0.25, -0.2) is 4.98 Å². The van der Waals surface area contributed by atoms with Crippen LogP contribution >= 0.6 is 11.3 Å². The fourth-order valence-corrected chi connectivity index (χ4v) is 4.71. The molecule has 0 aliphatic carbocycles. The molecule has 0 atom stereocenters. The third-order valence-electron chi connectivity index (χ3n) is 5.50. The number of likely N-dealkylation sites (N-methyl/N-ethyl adjacent to an activating group) is 1. The number of aromatic nitrogens is 1. The minimum atomic E-state index is 0.0750. The van der Waals surface area contributed by atoms with E-state index in [0.29, 0.717) is 13.0 Å². The van der Waals surface area contributed by atoms with Crippen LogP contribution in [0.2, 0.25) is 0 Å². The summed E-state index contributed by atoms with van der Waals surface area (Å²) in [7, 11) is 0. The van der Waals surface area contributed by atoms with Crippen LogP contribution in [0.25, 0.3) is 10.6 Å². The SMILES string of the molecule is CCN(C(=O)Cc1csc(-c2cccc(CN3CCOCC3)c2)n1)c1cccc(C)c1. The number of morpholine rings is 1. The van der Waals surface area contributed by atoms with Gasteiger partial charge in [-0.2, -0.15) is 0 Å². The molecule has 3 aromatic rings. The van der Waals surface area contributed by atoms with Crippen LogP contribution < -0.4 is 4.90 Å². The van der Waals surface area contributed by atoms with E-state index in [9.17, 15) is 4.79 Å². The molecule has 2 aromatic carbocycles. The zero-order valence-corrected chi connectivity index (χ0v) is 19.0. The zero-order valence-electron chi connectivity index (χ0n) is 18.2. The van der Waals surface area contributed by atoms with Gasteiger partial charge in [0.25, 0.3) is 0 Å². The molecular weight excluding hydrogens is 406 g/mol. The fraction of sp³-hybridized carbons (Fsp3) is 0.360. The Hall–Kier alpha value is -2.54. The third kappa shape index (κ3) is 5.58. The van der Waals surface area contributed by atoms with Gasteiger partial charge < -0.3 is 9.64 Å².